The smallest absolute Gasteiger partial charge is 0.251 e. The molecule has 1 heterocycles. The van der Waals surface area contributed by atoms with Gasteiger partial charge in [-0.25, -0.2) is 4.99 Å². The average molecular weight is 420 g/mol. The Labute approximate surface area is 185 Å². The number of fused-ring (bicyclic) bond motifs is 1. The third-order valence-corrected chi connectivity index (χ3v) is 5.51. The van der Waals surface area contributed by atoms with Crippen molar-refractivity contribution in [2.45, 2.75) is 52.6 Å². The molecule has 0 aliphatic carbocycles. The van der Waals surface area contributed by atoms with E-state index in [9.17, 15) is 4.79 Å². The van der Waals surface area contributed by atoms with Gasteiger partial charge in [0.1, 0.15) is 11.9 Å². The van der Waals surface area contributed by atoms with Crippen LogP contribution in [0.2, 0.25) is 0 Å². The fraction of sp³-hybridized carbons (Fsp3) is 0.400. The molecule has 1 aliphatic heterocycles. The monoisotopic (exact) mass is 419 g/mol. The zero-order chi connectivity index (χ0) is 22.2. The molecule has 1 aliphatic rings. The normalized spacial score (nSPS) is 16.4. The molecule has 0 aromatic heterocycles. The predicted molar refractivity (Wildman–Crippen MR) is 128 cm³/mol. The Morgan fingerprint density at radius 1 is 1.16 bits per heavy atom. The largest absolute Gasteiger partial charge is 0.385 e. The molecule has 2 aromatic carbocycles. The van der Waals surface area contributed by atoms with Crippen LogP contribution >= 0.6 is 0 Å². The minimum Gasteiger partial charge on any atom is -0.385 e. The van der Waals surface area contributed by atoms with E-state index in [-0.39, 0.29) is 11.9 Å². The number of nitrogens with one attached hydrogen (secondary N) is 1. The Kier molecular flexibility index (Phi) is 7.82. The molecule has 1 unspecified atom stereocenters. The van der Waals surface area contributed by atoms with Gasteiger partial charge in [-0.2, -0.15) is 0 Å². The van der Waals surface area contributed by atoms with Gasteiger partial charge in [-0.3, -0.25) is 9.79 Å². The van der Waals surface area contributed by atoms with Crippen molar-refractivity contribution in [1.82, 2.24) is 10.2 Å². The molecule has 0 bridgehead atoms. The number of aliphatic imine (C=N–C) groups is 2. The van der Waals surface area contributed by atoms with Crippen molar-refractivity contribution in [2.24, 2.45) is 15.7 Å². The highest BCUT2D eigenvalue weighted by Crippen LogP contribution is 2.23. The van der Waals surface area contributed by atoms with Gasteiger partial charge in [-0.15, -0.1) is 0 Å². The molecular formula is C25H33N5O. The van der Waals surface area contributed by atoms with Crippen molar-refractivity contribution < 1.29 is 4.79 Å². The molecule has 31 heavy (non-hydrogen) atoms. The summed E-state index contributed by atoms with van der Waals surface area (Å²) in [6.07, 6.45) is 2.70. The maximum Gasteiger partial charge on any atom is 0.251 e. The van der Waals surface area contributed by atoms with E-state index in [4.69, 9.17) is 10.7 Å². The van der Waals surface area contributed by atoms with Crippen LogP contribution in [-0.4, -0.2) is 41.6 Å². The van der Waals surface area contributed by atoms with E-state index in [1.807, 2.05) is 56.3 Å². The first kappa shape index (κ1) is 22.5. The Bertz CT molecular complexity index is 949. The number of amidine groups is 2. The van der Waals surface area contributed by atoms with Crippen molar-refractivity contribution in [3.05, 3.63) is 65.2 Å². The number of unbranched alkanes of at least 4 members (excludes halogenated alkanes) is 1. The lowest BCUT2D eigenvalue weighted by Gasteiger charge is -2.26. The number of hydrogen-bond acceptors (Lipinski definition) is 5. The van der Waals surface area contributed by atoms with Gasteiger partial charge in [0.2, 0.25) is 0 Å². The van der Waals surface area contributed by atoms with E-state index >= 15 is 0 Å². The standard InChI is InChI=1S/C25H33N5O/c1-4-23-28-19(3)24(26)29-22-10-6-5-9-21(22)17-30(23)16-8-7-15-27-25(31)20-13-11-18(2)12-14-20/h5-6,9-14,19H,4,7-8,15-17H2,1-3H3,(H2,26,29)(H,27,31). The molecule has 3 N–H and O–H groups in total. The Morgan fingerprint density at radius 2 is 1.90 bits per heavy atom. The zero-order valence-corrected chi connectivity index (χ0v) is 18.8. The first-order valence-electron chi connectivity index (χ1n) is 11.1. The average Bonchev–Trinajstić information content (AvgIpc) is 2.81. The Hall–Kier alpha value is -3.15. The first-order chi connectivity index (χ1) is 15.0. The lowest BCUT2D eigenvalue weighted by molar-refractivity contribution is 0.0952. The summed E-state index contributed by atoms with van der Waals surface area (Å²) >= 11 is 0. The van der Waals surface area contributed by atoms with Gasteiger partial charge in [-0.1, -0.05) is 42.8 Å². The molecule has 1 atom stereocenters. The Morgan fingerprint density at radius 3 is 2.65 bits per heavy atom. The Balaban J connectivity index is 1.60. The summed E-state index contributed by atoms with van der Waals surface area (Å²) in [6, 6.07) is 15.6. The van der Waals surface area contributed by atoms with E-state index in [0.717, 1.165) is 55.0 Å². The summed E-state index contributed by atoms with van der Waals surface area (Å²) in [5.41, 5.74) is 10.1. The number of hydrogen-bond donors (Lipinski definition) is 2. The number of aryl methyl sites for hydroxylation is 1. The lowest BCUT2D eigenvalue weighted by Crippen LogP contribution is -2.34. The van der Waals surface area contributed by atoms with Gasteiger partial charge in [0.25, 0.3) is 5.91 Å². The molecule has 2 aromatic rings. The third-order valence-electron chi connectivity index (χ3n) is 5.51. The molecule has 6 nitrogen and oxygen atoms in total. The predicted octanol–water partition coefficient (Wildman–Crippen LogP) is 4.21. The minimum atomic E-state index is -0.155. The summed E-state index contributed by atoms with van der Waals surface area (Å²) in [7, 11) is 0. The second-order valence-electron chi connectivity index (χ2n) is 7.99. The first-order valence-corrected chi connectivity index (χ1v) is 11.1. The van der Waals surface area contributed by atoms with Crippen molar-refractivity contribution in [3.63, 3.8) is 0 Å². The fourth-order valence-corrected chi connectivity index (χ4v) is 3.61. The van der Waals surface area contributed by atoms with Gasteiger partial charge in [0, 0.05) is 31.6 Å². The SMILES string of the molecule is CCC1=NC(C)C(N)=Nc2ccccc2CN1CCCCNC(=O)c1ccc(C)cc1. The van der Waals surface area contributed by atoms with Crippen LogP contribution in [0.4, 0.5) is 5.69 Å². The maximum absolute atomic E-state index is 12.3. The molecule has 0 fully saturated rings. The number of para-hydroxylation sites is 1. The second kappa shape index (κ2) is 10.8. The highest BCUT2D eigenvalue weighted by atomic mass is 16.1. The van der Waals surface area contributed by atoms with Crippen LogP contribution < -0.4 is 11.1 Å². The number of carbonyl (C=O) groups excluding carboxylic acids is 1. The van der Waals surface area contributed by atoms with Crippen LogP contribution in [0.1, 0.15) is 54.6 Å². The van der Waals surface area contributed by atoms with Gasteiger partial charge < -0.3 is 16.0 Å². The van der Waals surface area contributed by atoms with Crippen LogP contribution in [0.15, 0.2) is 58.5 Å². The number of nitrogens with two attached hydrogens (primary N) is 1. The van der Waals surface area contributed by atoms with E-state index in [1.165, 1.54) is 0 Å². The van der Waals surface area contributed by atoms with Gasteiger partial charge in [-0.05, 0) is 50.5 Å². The van der Waals surface area contributed by atoms with Gasteiger partial charge in [0.05, 0.1) is 11.5 Å². The molecule has 3 rings (SSSR count). The lowest BCUT2D eigenvalue weighted by atomic mass is 10.1. The highest BCUT2D eigenvalue weighted by molar-refractivity contribution is 5.94. The summed E-state index contributed by atoms with van der Waals surface area (Å²) in [5.74, 6) is 1.57. The highest BCUT2D eigenvalue weighted by Gasteiger charge is 2.17. The molecular weight excluding hydrogens is 386 g/mol. The van der Waals surface area contributed by atoms with Crippen molar-refractivity contribution in [2.75, 3.05) is 13.1 Å². The molecule has 1 amide bonds. The number of amides is 1. The molecule has 6 heteroatoms. The fourth-order valence-electron chi connectivity index (χ4n) is 3.61. The summed E-state index contributed by atoms with van der Waals surface area (Å²) in [4.78, 5) is 24.1. The molecule has 0 saturated carbocycles. The van der Waals surface area contributed by atoms with Crippen LogP contribution in [0.25, 0.3) is 0 Å². The van der Waals surface area contributed by atoms with E-state index < -0.39 is 0 Å². The second-order valence-corrected chi connectivity index (χ2v) is 7.99. The topological polar surface area (TPSA) is 83.1 Å². The zero-order valence-electron chi connectivity index (χ0n) is 18.8. The number of rotatable bonds is 7. The third kappa shape index (κ3) is 6.17. The minimum absolute atomic E-state index is 0.0195. The van der Waals surface area contributed by atoms with Crippen LogP contribution in [-0.2, 0) is 6.54 Å². The number of nitrogens with zero attached hydrogens (tertiary/aromatic N) is 3. The molecule has 0 radical (unpaired) electrons. The van der Waals surface area contributed by atoms with E-state index in [0.29, 0.717) is 17.9 Å². The summed E-state index contributed by atoms with van der Waals surface area (Å²) in [6.45, 7) is 8.40. The maximum atomic E-state index is 12.3. The van der Waals surface area contributed by atoms with Crippen LogP contribution in [0.5, 0.6) is 0 Å². The van der Waals surface area contributed by atoms with E-state index in [2.05, 4.69) is 28.2 Å². The molecule has 0 saturated heterocycles. The molecule has 164 valence electrons. The van der Waals surface area contributed by atoms with Crippen molar-refractivity contribution in [3.8, 4) is 0 Å². The van der Waals surface area contributed by atoms with Crippen molar-refractivity contribution in [1.29, 1.82) is 0 Å². The quantitative estimate of drug-likeness (QED) is 0.660. The van der Waals surface area contributed by atoms with Gasteiger partial charge in [0.15, 0.2) is 0 Å². The summed E-state index contributed by atoms with van der Waals surface area (Å²) < 4.78 is 0. The van der Waals surface area contributed by atoms with Crippen molar-refractivity contribution >= 4 is 23.3 Å². The van der Waals surface area contributed by atoms with Crippen LogP contribution in [0, 0.1) is 6.92 Å². The number of carbonyl (C=O) groups is 1. The number of benzene rings is 2. The molecule has 0 spiro atoms. The summed E-state index contributed by atoms with van der Waals surface area (Å²) in [5, 5.41) is 3.02. The van der Waals surface area contributed by atoms with Gasteiger partial charge >= 0.3 is 0 Å². The van der Waals surface area contributed by atoms with Crippen LogP contribution in [0.3, 0.4) is 0 Å². The van der Waals surface area contributed by atoms with E-state index in [1.54, 1.807) is 0 Å².